The smallest absolute Gasteiger partial charge is 0.177 e. The van der Waals surface area contributed by atoms with Crippen LogP contribution < -0.4 is 4.90 Å². The van der Waals surface area contributed by atoms with Crippen molar-refractivity contribution in [3.8, 4) is 0 Å². The number of hydrogen-bond acceptors (Lipinski definition) is 4. The molecule has 0 spiro atoms. The molecule has 1 fully saturated rings. The third-order valence-electron chi connectivity index (χ3n) is 3.30. The highest BCUT2D eigenvalue weighted by Crippen LogP contribution is 2.34. The van der Waals surface area contributed by atoms with Crippen molar-refractivity contribution in [1.82, 2.24) is 0 Å². The van der Waals surface area contributed by atoms with Crippen LogP contribution in [-0.4, -0.2) is 39.0 Å². The molecular weight excluding hydrogens is 274 g/mol. The van der Waals surface area contributed by atoms with Gasteiger partial charge in [-0.1, -0.05) is 12.1 Å². The van der Waals surface area contributed by atoms with Gasteiger partial charge in [0.2, 0.25) is 0 Å². The van der Waals surface area contributed by atoms with E-state index in [1.54, 1.807) is 12.1 Å². The van der Waals surface area contributed by atoms with E-state index in [2.05, 4.69) is 4.90 Å². The highest BCUT2D eigenvalue weighted by molar-refractivity contribution is 7.90. The molecule has 1 saturated heterocycles. The Morgan fingerprint density at radius 3 is 2.05 bits per heavy atom. The van der Waals surface area contributed by atoms with Crippen molar-refractivity contribution in [1.29, 1.82) is 0 Å². The fraction of sp³-hybridized carbons (Fsp3) is 0.600. The molecule has 0 bridgehead atoms. The number of ether oxygens (including phenoxy) is 1. The van der Waals surface area contributed by atoms with Crippen molar-refractivity contribution in [2.45, 2.75) is 43.8 Å². The van der Waals surface area contributed by atoms with E-state index in [-0.39, 0.29) is 11.2 Å². The van der Waals surface area contributed by atoms with E-state index in [1.807, 2.05) is 39.8 Å². The second-order valence-electron chi connectivity index (χ2n) is 6.72. The van der Waals surface area contributed by atoms with Gasteiger partial charge >= 0.3 is 0 Å². The first-order chi connectivity index (χ1) is 9.00. The minimum absolute atomic E-state index is 0.313. The summed E-state index contributed by atoms with van der Waals surface area (Å²) in [6.07, 6.45) is 1.25. The number of morpholine rings is 1. The molecule has 0 radical (unpaired) electrons. The van der Waals surface area contributed by atoms with Crippen LogP contribution in [0, 0.1) is 0 Å². The van der Waals surface area contributed by atoms with Crippen LogP contribution in [0.25, 0.3) is 0 Å². The molecule has 0 unspecified atom stereocenters. The molecule has 0 atom stereocenters. The normalized spacial score (nSPS) is 21.8. The number of rotatable bonds is 2. The first kappa shape index (κ1) is 15.3. The third kappa shape index (κ3) is 3.33. The molecule has 2 rings (SSSR count). The molecule has 5 heteroatoms. The zero-order chi connectivity index (χ0) is 15.2. The fourth-order valence-corrected chi connectivity index (χ4v) is 3.89. The van der Waals surface area contributed by atoms with Gasteiger partial charge in [0, 0.05) is 19.3 Å². The quantitative estimate of drug-likeness (QED) is 0.841. The Morgan fingerprint density at radius 2 is 1.55 bits per heavy atom. The SMILES string of the molecule is CC1(C)CN(c2ccccc2S(C)(=O)=O)CC(C)(C)O1. The summed E-state index contributed by atoms with van der Waals surface area (Å²) in [6, 6.07) is 7.17. The number of sulfone groups is 1. The highest BCUT2D eigenvalue weighted by atomic mass is 32.2. The lowest BCUT2D eigenvalue weighted by molar-refractivity contribution is -0.133. The molecule has 1 aromatic carbocycles. The molecule has 0 aromatic heterocycles. The topological polar surface area (TPSA) is 46.6 Å². The lowest BCUT2D eigenvalue weighted by atomic mass is 9.98. The second-order valence-corrected chi connectivity index (χ2v) is 8.70. The first-order valence-electron chi connectivity index (χ1n) is 6.74. The van der Waals surface area contributed by atoms with Crippen molar-refractivity contribution in [3.63, 3.8) is 0 Å². The molecule has 0 N–H and O–H groups in total. The Hall–Kier alpha value is -1.07. The van der Waals surface area contributed by atoms with Gasteiger partial charge in [0.15, 0.2) is 9.84 Å². The fourth-order valence-electron chi connectivity index (χ4n) is 2.99. The number of benzene rings is 1. The van der Waals surface area contributed by atoms with E-state index in [0.717, 1.165) is 5.69 Å². The molecule has 0 aliphatic carbocycles. The summed E-state index contributed by atoms with van der Waals surface area (Å²) < 4.78 is 30.0. The van der Waals surface area contributed by atoms with Gasteiger partial charge in [-0.05, 0) is 39.8 Å². The maximum absolute atomic E-state index is 12.0. The van der Waals surface area contributed by atoms with E-state index in [9.17, 15) is 8.42 Å². The van der Waals surface area contributed by atoms with Crippen LogP contribution >= 0.6 is 0 Å². The summed E-state index contributed by atoms with van der Waals surface area (Å²) in [5.74, 6) is 0. The van der Waals surface area contributed by atoms with E-state index in [4.69, 9.17) is 4.74 Å². The average molecular weight is 297 g/mol. The number of nitrogens with zero attached hydrogens (tertiary/aromatic N) is 1. The maximum atomic E-state index is 12.0. The zero-order valence-corrected chi connectivity index (χ0v) is 13.6. The number of anilines is 1. The van der Waals surface area contributed by atoms with Crippen molar-refractivity contribution in [3.05, 3.63) is 24.3 Å². The van der Waals surface area contributed by atoms with Gasteiger partial charge in [0.1, 0.15) is 0 Å². The molecule has 20 heavy (non-hydrogen) atoms. The Balaban J connectivity index is 2.47. The van der Waals surface area contributed by atoms with Crippen LogP contribution in [-0.2, 0) is 14.6 Å². The van der Waals surface area contributed by atoms with E-state index in [1.165, 1.54) is 6.26 Å². The largest absolute Gasteiger partial charge is 0.366 e. The van der Waals surface area contributed by atoms with Crippen molar-refractivity contribution >= 4 is 15.5 Å². The Bertz CT molecular complexity index is 589. The van der Waals surface area contributed by atoms with Crippen molar-refractivity contribution < 1.29 is 13.2 Å². The summed E-state index contributed by atoms with van der Waals surface area (Å²) in [7, 11) is -3.24. The molecule has 1 aliphatic heterocycles. The standard InChI is InChI=1S/C15H23NO3S/c1-14(2)10-16(11-15(3,4)19-14)12-8-6-7-9-13(12)20(5,17)18/h6-9H,10-11H2,1-5H3. The van der Waals surface area contributed by atoms with Crippen molar-refractivity contribution in [2.24, 2.45) is 0 Å². The van der Waals surface area contributed by atoms with Crippen LogP contribution in [0.3, 0.4) is 0 Å². The van der Waals surface area contributed by atoms with Gasteiger partial charge in [0.25, 0.3) is 0 Å². The molecule has 112 valence electrons. The molecule has 0 saturated carbocycles. The Kier molecular flexibility index (Phi) is 3.63. The summed E-state index contributed by atoms with van der Waals surface area (Å²) in [5.41, 5.74) is 0.137. The maximum Gasteiger partial charge on any atom is 0.177 e. The van der Waals surface area contributed by atoms with Crippen LogP contribution in [0.1, 0.15) is 27.7 Å². The summed E-state index contributed by atoms with van der Waals surface area (Å²) in [6.45, 7) is 9.47. The van der Waals surface area contributed by atoms with Gasteiger partial charge in [-0.2, -0.15) is 0 Å². The predicted molar refractivity (Wildman–Crippen MR) is 81.0 cm³/mol. The van der Waals surface area contributed by atoms with E-state index < -0.39 is 9.84 Å². The van der Waals surface area contributed by atoms with Crippen molar-refractivity contribution in [2.75, 3.05) is 24.2 Å². The van der Waals surface area contributed by atoms with Gasteiger partial charge in [-0.25, -0.2) is 8.42 Å². The molecular formula is C15H23NO3S. The second kappa shape index (κ2) is 4.74. The first-order valence-corrected chi connectivity index (χ1v) is 8.64. The molecule has 1 aromatic rings. The minimum Gasteiger partial charge on any atom is -0.366 e. The number of hydrogen-bond donors (Lipinski definition) is 0. The van der Waals surface area contributed by atoms with Crippen LogP contribution in [0.2, 0.25) is 0 Å². The minimum atomic E-state index is -3.24. The van der Waals surface area contributed by atoms with Gasteiger partial charge in [-0.15, -0.1) is 0 Å². The molecule has 1 aliphatic rings. The summed E-state index contributed by atoms with van der Waals surface area (Å²) in [5, 5.41) is 0. The van der Waals surface area contributed by atoms with Crippen LogP contribution in [0.5, 0.6) is 0 Å². The molecule has 1 heterocycles. The van der Waals surface area contributed by atoms with Crippen LogP contribution in [0.4, 0.5) is 5.69 Å². The Morgan fingerprint density at radius 1 is 1.05 bits per heavy atom. The Labute approximate surface area is 121 Å². The highest BCUT2D eigenvalue weighted by Gasteiger charge is 2.39. The monoisotopic (exact) mass is 297 g/mol. The van der Waals surface area contributed by atoms with E-state index >= 15 is 0 Å². The zero-order valence-electron chi connectivity index (χ0n) is 12.8. The molecule has 0 amide bonds. The van der Waals surface area contributed by atoms with E-state index in [0.29, 0.717) is 18.0 Å². The summed E-state index contributed by atoms with van der Waals surface area (Å²) in [4.78, 5) is 2.49. The van der Waals surface area contributed by atoms with Gasteiger partial charge < -0.3 is 9.64 Å². The predicted octanol–water partition coefficient (Wildman–Crippen LogP) is 2.48. The van der Waals surface area contributed by atoms with Crippen LogP contribution in [0.15, 0.2) is 29.2 Å². The third-order valence-corrected chi connectivity index (χ3v) is 4.45. The number of para-hydroxylation sites is 1. The van der Waals surface area contributed by atoms with Gasteiger partial charge in [0.05, 0.1) is 21.8 Å². The van der Waals surface area contributed by atoms with Gasteiger partial charge in [-0.3, -0.25) is 0 Å². The summed E-state index contributed by atoms with van der Waals surface area (Å²) >= 11 is 0. The molecule has 4 nitrogen and oxygen atoms in total. The average Bonchev–Trinajstić information content (AvgIpc) is 2.23. The lowest BCUT2D eigenvalue weighted by Crippen LogP contribution is -2.57. The lowest BCUT2D eigenvalue weighted by Gasteiger charge is -2.48.